The molecule has 0 fully saturated rings. The van der Waals surface area contributed by atoms with E-state index in [1.54, 1.807) is 54.7 Å². The fourth-order valence-corrected chi connectivity index (χ4v) is 2.75. The molecule has 0 atom stereocenters. The zero-order valence-corrected chi connectivity index (χ0v) is 15.0. The van der Waals surface area contributed by atoms with Crippen molar-refractivity contribution in [1.82, 2.24) is 9.71 Å². The molecule has 29 heavy (non-hydrogen) atoms. The minimum atomic E-state index is -0.983. The predicted octanol–water partition coefficient (Wildman–Crippen LogP) is 2.81. The molecule has 2 aromatic heterocycles. The van der Waals surface area contributed by atoms with Gasteiger partial charge < -0.3 is 10.3 Å². The Kier molecular flexibility index (Phi) is 4.81. The van der Waals surface area contributed by atoms with Gasteiger partial charge in [-0.25, -0.2) is 9.79 Å². The molecule has 3 aromatic rings. The van der Waals surface area contributed by atoms with Gasteiger partial charge in [0, 0.05) is 18.0 Å². The Morgan fingerprint density at radius 3 is 2.48 bits per heavy atom. The number of aromatic nitrogens is 2. The van der Waals surface area contributed by atoms with Gasteiger partial charge in [-0.15, -0.1) is 10.2 Å². The number of carboxylic acids is 1. The zero-order chi connectivity index (χ0) is 20.2. The number of nitrogens with zero attached hydrogens (tertiary/aromatic N) is 5. The van der Waals surface area contributed by atoms with E-state index < -0.39 is 5.97 Å². The number of pyridine rings is 2. The van der Waals surface area contributed by atoms with Crippen LogP contribution in [0.15, 0.2) is 94.3 Å². The van der Waals surface area contributed by atoms with Crippen LogP contribution in [0.4, 0.5) is 5.69 Å². The highest BCUT2D eigenvalue weighted by atomic mass is 16.5. The third-order valence-electron chi connectivity index (χ3n) is 4.17. The van der Waals surface area contributed by atoms with E-state index in [2.05, 4.69) is 20.2 Å². The maximum Gasteiger partial charge on any atom is 0.335 e. The number of rotatable bonds is 3. The van der Waals surface area contributed by atoms with Crippen molar-refractivity contribution in [2.24, 2.45) is 15.2 Å². The smallest absolute Gasteiger partial charge is 0.335 e. The fourth-order valence-electron chi connectivity index (χ4n) is 2.75. The van der Waals surface area contributed by atoms with Crippen LogP contribution < -0.4 is 5.49 Å². The minimum absolute atomic E-state index is 0.202. The first-order valence-corrected chi connectivity index (χ1v) is 8.66. The fraction of sp³-hybridized carbons (Fsp3) is 0. The molecule has 0 bridgehead atoms. The van der Waals surface area contributed by atoms with Crippen LogP contribution in [0.1, 0.15) is 21.6 Å². The molecule has 1 aromatic carbocycles. The van der Waals surface area contributed by atoms with Crippen molar-refractivity contribution in [3.8, 4) is 0 Å². The highest BCUT2D eigenvalue weighted by molar-refractivity contribution is 6.25. The van der Waals surface area contributed by atoms with Gasteiger partial charge in [-0.05, 0) is 60.7 Å². The van der Waals surface area contributed by atoms with Crippen LogP contribution in [0, 0.1) is 0 Å². The SMILES string of the molecule is O=C(O)c1ccc(N=C2C=C/C(=N\N=c3\ccccn3O)c3ncccc32)cc1. The van der Waals surface area contributed by atoms with Gasteiger partial charge in [-0.3, -0.25) is 4.98 Å². The Morgan fingerprint density at radius 2 is 1.72 bits per heavy atom. The molecule has 0 radical (unpaired) electrons. The topological polar surface area (TPSA) is 112 Å². The highest BCUT2D eigenvalue weighted by Gasteiger charge is 2.17. The molecule has 1 aliphatic carbocycles. The van der Waals surface area contributed by atoms with Crippen molar-refractivity contribution in [2.75, 3.05) is 0 Å². The summed E-state index contributed by atoms with van der Waals surface area (Å²) in [6.07, 6.45) is 6.65. The minimum Gasteiger partial charge on any atom is -0.478 e. The molecule has 0 aliphatic heterocycles. The second kappa shape index (κ2) is 7.73. The lowest BCUT2D eigenvalue weighted by atomic mass is 9.98. The first-order chi connectivity index (χ1) is 14.1. The first-order valence-electron chi connectivity index (χ1n) is 8.66. The van der Waals surface area contributed by atoms with Crippen molar-refractivity contribution in [3.05, 3.63) is 101 Å². The van der Waals surface area contributed by atoms with Crippen LogP contribution in [-0.2, 0) is 0 Å². The van der Waals surface area contributed by atoms with Crippen LogP contribution in [-0.4, -0.2) is 37.4 Å². The quantitative estimate of drug-likeness (QED) is 0.533. The summed E-state index contributed by atoms with van der Waals surface area (Å²) in [5, 5.41) is 27.1. The second-order valence-corrected chi connectivity index (χ2v) is 6.07. The lowest BCUT2D eigenvalue weighted by molar-refractivity contribution is 0.0697. The van der Waals surface area contributed by atoms with Gasteiger partial charge in [0.1, 0.15) is 5.71 Å². The molecular formula is C21H15N5O3. The average Bonchev–Trinajstić information content (AvgIpc) is 2.74. The number of hydrogen-bond acceptors (Lipinski definition) is 6. The maximum atomic E-state index is 11.0. The number of aromatic carboxylic acids is 1. The number of carboxylic acid groups (broad SMARTS) is 1. The van der Waals surface area contributed by atoms with Gasteiger partial charge in [0.25, 0.3) is 0 Å². The Bertz CT molecular complexity index is 1240. The molecule has 4 rings (SSSR count). The molecule has 1 aliphatic rings. The summed E-state index contributed by atoms with van der Waals surface area (Å²) in [6, 6.07) is 15.0. The Hall–Kier alpha value is -4.33. The summed E-state index contributed by atoms with van der Waals surface area (Å²) in [5.41, 5.74) is 3.70. The summed E-state index contributed by atoms with van der Waals surface area (Å²) in [5.74, 6) is -0.983. The van der Waals surface area contributed by atoms with Crippen LogP contribution in [0.5, 0.6) is 0 Å². The summed E-state index contributed by atoms with van der Waals surface area (Å²) in [4.78, 5) is 20.0. The summed E-state index contributed by atoms with van der Waals surface area (Å²) in [6.45, 7) is 0. The highest BCUT2D eigenvalue weighted by Crippen LogP contribution is 2.20. The lowest BCUT2D eigenvalue weighted by Crippen LogP contribution is -2.18. The number of carbonyl (C=O) groups is 1. The summed E-state index contributed by atoms with van der Waals surface area (Å²) in [7, 11) is 0. The van der Waals surface area contributed by atoms with E-state index in [1.165, 1.54) is 18.3 Å². The molecule has 8 heteroatoms. The van der Waals surface area contributed by atoms with E-state index in [4.69, 9.17) is 5.11 Å². The Labute approximate surface area is 165 Å². The number of allylic oxidation sites excluding steroid dienone is 2. The molecule has 0 spiro atoms. The standard InChI is InChI=1S/C21H15N5O3/c27-21(28)14-6-8-15(9-7-14)23-17-10-11-18(20-16(17)4-3-12-22-20)24-25-19-5-1-2-13-26(19)29/h1-13,29H,(H,27,28)/b23-17?,24-18+,25-19-. The predicted molar refractivity (Wildman–Crippen MR) is 107 cm³/mol. The Balaban J connectivity index is 1.73. The van der Waals surface area contributed by atoms with Crippen LogP contribution in [0.2, 0.25) is 0 Å². The molecule has 8 nitrogen and oxygen atoms in total. The van der Waals surface area contributed by atoms with Gasteiger partial charge >= 0.3 is 5.97 Å². The molecule has 0 saturated heterocycles. The van der Waals surface area contributed by atoms with Crippen molar-refractivity contribution >= 4 is 23.1 Å². The number of fused-ring (bicyclic) bond motifs is 1. The van der Waals surface area contributed by atoms with Crippen LogP contribution >= 0.6 is 0 Å². The molecule has 0 saturated carbocycles. The van der Waals surface area contributed by atoms with E-state index in [9.17, 15) is 10.0 Å². The van der Waals surface area contributed by atoms with Gasteiger partial charge in [-0.1, -0.05) is 6.07 Å². The first kappa shape index (κ1) is 18.1. The van der Waals surface area contributed by atoms with Crippen molar-refractivity contribution in [2.45, 2.75) is 0 Å². The third kappa shape index (κ3) is 3.86. The number of aliphatic imine (C=N–C) groups is 1. The van der Waals surface area contributed by atoms with Crippen molar-refractivity contribution in [1.29, 1.82) is 0 Å². The van der Waals surface area contributed by atoms with E-state index in [0.717, 1.165) is 10.3 Å². The normalized spacial score (nSPS) is 16.2. The van der Waals surface area contributed by atoms with E-state index in [0.29, 0.717) is 22.8 Å². The van der Waals surface area contributed by atoms with Gasteiger partial charge in [0.15, 0.2) is 5.49 Å². The van der Waals surface area contributed by atoms with Crippen LogP contribution in [0.3, 0.4) is 0 Å². The summed E-state index contributed by atoms with van der Waals surface area (Å²) >= 11 is 0. The monoisotopic (exact) mass is 385 g/mol. The number of benzene rings is 1. The van der Waals surface area contributed by atoms with Gasteiger partial charge in [0.2, 0.25) is 0 Å². The Morgan fingerprint density at radius 1 is 0.931 bits per heavy atom. The van der Waals surface area contributed by atoms with E-state index in [-0.39, 0.29) is 11.1 Å². The molecule has 0 amide bonds. The molecule has 2 heterocycles. The van der Waals surface area contributed by atoms with Crippen molar-refractivity contribution in [3.63, 3.8) is 0 Å². The zero-order valence-electron chi connectivity index (χ0n) is 15.0. The van der Waals surface area contributed by atoms with E-state index in [1.807, 2.05) is 6.07 Å². The van der Waals surface area contributed by atoms with Crippen molar-refractivity contribution < 1.29 is 15.1 Å². The second-order valence-electron chi connectivity index (χ2n) is 6.07. The summed E-state index contributed by atoms with van der Waals surface area (Å²) < 4.78 is 0.879. The molecule has 0 unspecified atom stereocenters. The third-order valence-corrected chi connectivity index (χ3v) is 4.17. The average molecular weight is 385 g/mol. The lowest BCUT2D eigenvalue weighted by Gasteiger charge is -2.13. The van der Waals surface area contributed by atoms with E-state index >= 15 is 0 Å². The number of hydrogen-bond donors (Lipinski definition) is 2. The van der Waals surface area contributed by atoms with Crippen LogP contribution in [0.25, 0.3) is 0 Å². The van der Waals surface area contributed by atoms with Gasteiger partial charge in [0.05, 0.1) is 22.7 Å². The maximum absolute atomic E-state index is 11.0. The largest absolute Gasteiger partial charge is 0.478 e. The molecule has 142 valence electrons. The molecular weight excluding hydrogens is 370 g/mol. The molecule has 2 N–H and O–H groups in total. The van der Waals surface area contributed by atoms with Gasteiger partial charge in [-0.2, -0.15) is 4.73 Å².